The van der Waals surface area contributed by atoms with Crippen LogP contribution in [-0.2, 0) is 24.1 Å². The van der Waals surface area contributed by atoms with Crippen LogP contribution in [0.5, 0.6) is 0 Å². The van der Waals surface area contributed by atoms with Crippen molar-refractivity contribution in [2.75, 3.05) is 6.54 Å². The molecule has 5 heteroatoms. The number of carbonyl (C=O) groups excluding carboxylic acids is 1. The lowest BCUT2D eigenvalue weighted by Gasteiger charge is -2.27. The number of amides is 1. The van der Waals surface area contributed by atoms with Gasteiger partial charge in [-0.05, 0) is 35.2 Å². The second-order valence-electron chi connectivity index (χ2n) is 7.22. The molecule has 0 saturated heterocycles. The van der Waals surface area contributed by atoms with E-state index in [1.807, 2.05) is 66.7 Å². The smallest absolute Gasteiger partial charge is 0.241 e. The van der Waals surface area contributed by atoms with Crippen molar-refractivity contribution in [1.29, 1.82) is 5.26 Å². The van der Waals surface area contributed by atoms with Gasteiger partial charge in [0.25, 0.3) is 0 Å². The van der Waals surface area contributed by atoms with E-state index in [4.69, 9.17) is 23.2 Å². The Kier molecular flexibility index (Phi) is 7.52. The second kappa shape index (κ2) is 10.3. The summed E-state index contributed by atoms with van der Waals surface area (Å²) in [6, 6.07) is 26.8. The third-order valence-corrected chi connectivity index (χ3v) is 5.83. The van der Waals surface area contributed by atoms with E-state index in [2.05, 4.69) is 11.4 Å². The minimum Gasteiger partial charge on any atom is -0.354 e. The van der Waals surface area contributed by atoms with Gasteiger partial charge < -0.3 is 5.32 Å². The molecule has 152 valence electrons. The number of halogens is 2. The van der Waals surface area contributed by atoms with Gasteiger partial charge in [-0.2, -0.15) is 5.26 Å². The van der Waals surface area contributed by atoms with Crippen LogP contribution in [0, 0.1) is 16.7 Å². The van der Waals surface area contributed by atoms with Gasteiger partial charge in [-0.3, -0.25) is 4.79 Å². The van der Waals surface area contributed by atoms with Crippen molar-refractivity contribution in [3.05, 3.63) is 106 Å². The van der Waals surface area contributed by atoms with Gasteiger partial charge in [-0.25, -0.2) is 0 Å². The topological polar surface area (TPSA) is 52.9 Å². The molecule has 0 bridgehead atoms. The molecule has 0 unspecified atom stereocenters. The number of carbonyl (C=O) groups is 1. The van der Waals surface area contributed by atoms with Crippen LogP contribution in [0.2, 0.25) is 10.0 Å². The van der Waals surface area contributed by atoms with Crippen molar-refractivity contribution in [2.24, 2.45) is 5.41 Å². The first-order valence-electron chi connectivity index (χ1n) is 9.74. The molecule has 30 heavy (non-hydrogen) atoms. The molecule has 3 aromatic carbocycles. The summed E-state index contributed by atoms with van der Waals surface area (Å²) in [5.74, 6) is -0.319. The third kappa shape index (κ3) is 5.42. The number of hydrogen-bond acceptors (Lipinski definition) is 2. The minimum absolute atomic E-state index is 0.200. The van der Waals surface area contributed by atoms with Gasteiger partial charge in [0, 0.05) is 29.4 Å². The Morgan fingerprint density at radius 1 is 0.833 bits per heavy atom. The van der Waals surface area contributed by atoms with Crippen molar-refractivity contribution in [3.63, 3.8) is 0 Å². The molecule has 0 aliphatic heterocycles. The molecule has 0 aromatic heterocycles. The summed E-state index contributed by atoms with van der Waals surface area (Å²) in [4.78, 5) is 13.3. The molecule has 0 aliphatic carbocycles. The highest BCUT2D eigenvalue weighted by Crippen LogP contribution is 2.33. The summed E-state index contributed by atoms with van der Waals surface area (Å²) in [6.45, 7) is 0.442. The summed E-state index contributed by atoms with van der Waals surface area (Å²) in [5.41, 5.74) is 1.31. The van der Waals surface area contributed by atoms with E-state index in [1.54, 1.807) is 12.1 Å². The van der Waals surface area contributed by atoms with Gasteiger partial charge in [0.05, 0.1) is 6.07 Å². The summed E-state index contributed by atoms with van der Waals surface area (Å²) in [6.07, 6.45) is 1.09. The van der Waals surface area contributed by atoms with Gasteiger partial charge in [0.1, 0.15) is 5.41 Å². The molecule has 0 aliphatic rings. The maximum atomic E-state index is 13.3. The molecule has 0 spiro atoms. The van der Waals surface area contributed by atoms with E-state index in [0.29, 0.717) is 23.0 Å². The first kappa shape index (κ1) is 21.9. The van der Waals surface area contributed by atoms with Crippen molar-refractivity contribution in [1.82, 2.24) is 5.32 Å². The number of rotatable bonds is 8. The predicted molar refractivity (Wildman–Crippen MR) is 122 cm³/mol. The lowest BCUT2D eigenvalue weighted by atomic mass is 9.76. The largest absolute Gasteiger partial charge is 0.354 e. The van der Waals surface area contributed by atoms with Crippen LogP contribution in [0.4, 0.5) is 0 Å². The number of nitrogens with zero attached hydrogens (tertiary/aromatic N) is 1. The highest BCUT2D eigenvalue weighted by molar-refractivity contribution is 6.31. The molecule has 0 saturated carbocycles. The third-order valence-electron chi connectivity index (χ3n) is 5.09. The van der Waals surface area contributed by atoms with Crippen LogP contribution in [0.25, 0.3) is 0 Å². The van der Waals surface area contributed by atoms with E-state index in [1.165, 1.54) is 0 Å². The molecule has 0 atom stereocenters. The van der Waals surface area contributed by atoms with E-state index in [0.717, 1.165) is 16.7 Å². The Hall–Kier alpha value is -2.80. The summed E-state index contributed by atoms with van der Waals surface area (Å²) < 4.78 is 0. The highest BCUT2D eigenvalue weighted by Gasteiger charge is 2.40. The second-order valence-corrected chi connectivity index (χ2v) is 8.04. The normalized spacial score (nSPS) is 11.0. The van der Waals surface area contributed by atoms with Crippen LogP contribution in [0.15, 0.2) is 78.9 Å². The maximum Gasteiger partial charge on any atom is 0.241 e. The highest BCUT2D eigenvalue weighted by atomic mass is 35.5. The zero-order chi connectivity index (χ0) is 21.4. The zero-order valence-electron chi connectivity index (χ0n) is 16.4. The van der Waals surface area contributed by atoms with E-state index in [-0.39, 0.29) is 18.7 Å². The minimum atomic E-state index is -1.33. The van der Waals surface area contributed by atoms with Gasteiger partial charge >= 0.3 is 0 Å². The molecule has 3 aromatic rings. The van der Waals surface area contributed by atoms with Crippen LogP contribution < -0.4 is 5.32 Å². The van der Waals surface area contributed by atoms with E-state index < -0.39 is 5.41 Å². The fraction of sp³-hybridized carbons (Fsp3) is 0.200. The molecular formula is C25H22Cl2N2O. The summed E-state index contributed by atoms with van der Waals surface area (Å²) in [7, 11) is 0. The molecule has 1 amide bonds. The standard InChI is InChI=1S/C25H22Cl2N2O/c26-22-12-6-4-10-20(22)16-25(18-28,17-21-11-5-7-13-23(21)27)24(30)29-15-14-19-8-2-1-3-9-19/h1-13H,14-17H2,(H,29,30). The SMILES string of the molecule is N#CC(Cc1ccccc1Cl)(Cc1ccccc1Cl)C(=O)NCCc1ccccc1. The first-order valence-corrected chi connectivity index (χ1v) is 10.5. The fourth-order valence-electron chi connectivity index (χ4n) is 3.42. The van der Waals surface area contributed by atoms with Crippen LogP contribution in [0.3, 0.4) is 0 Å². The lowest BCUT2D eigenvalue weighted by molar-refractivity contribution is -0.128. The Balaban J connectivity index is 1.85. The van der Waals surface area contributed by atoms with E-state index >= 15 is 0 Å². The summed E-state index contributed by atoms with van der Waals surface area (Å²) in [5, 5.41) is 14.2. The number of benzene rings is 3. The van der Waals surface area contributed by atoms with Gasteiger partial charge in [-0.15, -0.1) is 0 Å². The fourth-order valence-corrected chi connectivity index (χ4v) is 3.83. The van der Waals surface area contributed by atoms with Crippen LogP contribution >= 0.6 is 23.2 Å². The van der Waals surface area contributed by atoms with Crippen molar-refractivity contribution >= 4 is 29.1 Å². The Morgan fingerprint density at radius 3 is 1.83 bits per heavy atom. The molecule has 3 rings (SSSR count). The average molecular weight is 437 g/mol. The zero-order valence-corrected chi connectivity index (χ0v) is 18.0. The van der Waals surface area contributed by atoms with Gasteiger partial charge in [-0.1, -0.05) is 89.9 Å². The van der Waals surface area contributed by atoms with E-state index in [9.17, 15) is 10.1 Å². The van der Waals surface area contributed by atoms with Crippen LogP contribution in [-0.4, -0.2) is 12.5 Å². The lowest BCUT2D eigenvalue weighted by Crippen LogP contribution is -2.44. The molecule has 0 heterocycles. The molecule has 1 N–H and O–H groups in total. The first-order chi connectivity index (χ1) is 14.5. The van der Waals surface area contributed by atoms with Gasteiger partial charge in [0.2, 0.25) is 5.91 Å². The van der Waals surface area contributed by atoms with Crippen molar-refractivity contribution < 1.29 is 4.79 Å². The van der Waals surface area contributed by atoms with Crippen molar-refractivity contribution in [3.8, 4) is 6.07 Å². The summed E-state index contributed by atoms with van der Waals surface area (Å²) >= 11 is 12.7. The quantitative estimate of drug-likeness (QED) is 0.495. The molecule has 0 radical (unpaired) electrons. The maximum absolute atomic E-state index is 13.3. The Labute approximate surface area is 187 Å². The molecule has 3 nitrogen and oxygen atoms in total. The Morgan fingerprint density at radius 2 is 1.33 bits per heavy atom. The predicted octanol–water partition coefficient (Wildman–Crippen LogP) is 5.65. The van der Waals surface area contributed by atoms with Crippen molar-refractivity contribution in [2.45, 2.75) is 19.3 Å². The molecule has 0 fully saturated rings. The number of hydrogen-bond donors (Lipinski definition) is 1. The number of nitrogens with one attached hydrogen (secondary N) is 1. The monoisotopic (exact) mass is 436 g/mol. The van der Waals surface area contributed by atoms with Gasteiger partial charge in [0.15, 0.2) is 0 Å². The molecular weight excluding hydrogens is 415 g/mol. The Bertz CT molecular complexity index is 997. The van der Waals surface area contributed by atoms with Crippen LogP contribution in [0.1, 0.15) is 16.7 Å². The average Bonchev–Trinajstić information content (AvgIpc) is 2.77. The number of nitriles is 1.